The van der Waals surface area contributed by atoms with Gasteiger partial charge >= 0.3 is 20.2 Å². The van der Waals surface area contributed by atoms with Crippen LogP contribution in [0.1, 0.15) is 26.5 Å². The molecule has 0 aliphatic heterocycles. The van der Waals surface area contributed by atoms with Crippen LogP contribution >= 0.6 is 8.53 Å². The van der Waals surface area contributed by atoms with Gasteiger partial charge in [-0.2, -0.15) is 0 Å². The molecule has 2 N–H and O–H groups in total. The molecule has 10 nitrogen and oxygen atoms in total. The number of methoxy groups -OCH3 is 1. The number of hydrogen-bond acceptors (Lipinski definition) is 8. The summed E-state index contributed by atoms with van der Waals surface area (Å²) in [5.74, 6) is 0.163. The van der Waals surface area contributed by atoms with Crippen LogP contribution in [-0.4, -0.2) is 41.9 Å². The van der Waals surface area contributed by atoms with Gasteiger partial charge in [-0.05, 0) is 24.8 Å². The van der Waals surface area contributed by atoms with Crippen LogP contribution in [0.5, 0.6) is 5.75 Å². The number of esters is 1. The maximum Gasteiger partial charge on any atom is 0.330 e. The Morgan fingerprint density at radius 2 is 1.91 bits per heavy atom. The molecule has 182 valence electrons. The van der Waals surface area contributed by atoms with Crippen LogP contribution in [0, 0.1) is 0 Å². The van der Waals surface area contributed by atoms with E-state index in [0.717, 1.165) is 10.8 Å². The number of nitrogens with one attached hydrogen (secondary N) is 2. The molecule has 3 atom stereocenters. The summed E-state index contributed by atoms with van der Waals surface area (Å²) in [6.07, 6.45) is 0.964. The number of benzene rings is 2. The van der Waals surface area contributed by atoms with Gasteiger partial charge in [0.25, 0.3) is 5.56 Å². The molecule has 0 aliphatic rings. The number of hydrogen-bond donors (Lipinski definition) is 2. The SMILES string of the molecule is CCC(COP(NCC(=O)OC)Oc1cccc2ccccc12)OC(C)n1ccc(=O)[nH]c1=O. The summed E-state index contributed by atoms with van der Waals surface area (Å²) in [5.41, 5.74) is -1.03. The lowest BCUT2D eigenvalue weighted by atomic mass is 10.1. The highest BCUT2D eigenvalue weighted by atomic mass is 31.2. The Hall–Kier alpha value is -3.04. The molecule has 2 aromatic carbocycles. The van der Waals surface area contributed by atoms with E-state index in [1.807, 2.05) is 49.4 Å². The van der Waals surface area contributed by atoms with E-state index in [1.54, 1.807) is 6.92 Å². The van der Waals surface area contributed by atoms with Gasteiger partial charge in [-0.3, -0.25) is 19.1 Å². The molecule has 0 amide bonds. The topological polar surface area (TPSA) is 121 Å². The lowest BCUT2D eigenvalue weighted by Gasteiger charge is -2.25. The summed E-state index contributed by atoms with van der Waals surface area (Å²) in [5, 5.41) is 4.88. The highest BCUT2D eigenvalue weighted by Crippen LogP contribution is 2.39. The van der Waals surface area contributed by atoms with Crippen molar-refractivity contribution in [3.05, 3.63) is 75.6 Å². The lowest BCUT2D eigenvalue weighted by Crippen LogP contribution is -2.34. The van der Waals surface area contributed by atoms with Crippen molar-refractivity contribution in [1.82, 2.24) is 14.6 Å². The van der Waals surface area contributed by atoms with Crippen LogP contribution < -0.4 is 20.9 Å². The van der Waals surface area contributed by atoms with Crippen molar-refractivity contribution in [3.8, 4) is 5.75 Å². The van der Waals surface area contributed by atoms with Crippen molar-refractivity contribution in [2.45, 2.75) is 32.6 Å². The summed E-state index contributed by atoms with van der Waals surface area (Å²) in [6.45, 7) is 3.68. The van der Waals surface area contributed by atoms with E-state index in [4.69, 9.17) is 18.5 Å². The van der Waals surface area contributed by atoms with E-state index < -0.39 is 32.0 Å². The second-order valence-electron chi connectivity index (χ2n) is 7.32. The van der Waals surface area contributed by atoms with Crippen molar-refractivity contribution in [1.29, 1.82) is 0 Å². The molecule has 34 heavy (non-hydrogen) atoms. The average molecular weight is 489 g/mol. The number of nitrogens with zero attached hydrogens (tertiary/aromatic N) is 1. The van der Waals surface area contributed by atoms with E-state index >= 15 is 0 Å². The number of H-pyrrole nitrogens is 1. The predicted molar refractivity (Wildman–Crippen MR) is 129 cm³/mol. The number of carbonyl (C=O) groups excluding carboxylic acids is 1. The maximum atomic E-state index is 12.0. The average Bonchev–Trinajstić information content (AvgIpc) is 2.84. The number of rotatable bonds is 12. The molecule has 1 heterocycles. The summed E-state index contributed by atoms with van der Waals surface area (Å²) in [6, 6.07) is 14.7. The van der Waals surface area contributed by atoms with Gasteiger partial charge < -0.3 is 18.5 Å². The Labute approximate surface area is 197 Å². The monoisotopic (exact) mass is 489 g/mol. The Morgan fingerprint density at radius 3 is 2.65 bits per heavy atom. The molecule has 0 bridgehead atoms. The van der Waals surface area contributed by atoms with E-state index in [9.17, 15) is 14.4 Å². The Bertz CT molecular complexity index is 1210. The zero-order valence-corrected chi connectivity index (χ0v) is 20.1. The van der Waals surface area contributed by atoms with Crippen molar-refractivity contribution < 1.29 is 23.3 Å². The number of aromatic nitrogens is 2. The largest absolute Gasteiger partial charge is 0.468 e. The molecule has 0 saturated carbocycles. The molecule has 0 aliphatic carbocycles. The minimum Gasteiger partial charge on any atom is -0.468 e. The van der Waals surface area contributed by atoms with E-state index in [2.05, 4.69) is 10.1 Å². The van der Waals surface area contributed by atoms with E-state index in [-0.39, 0.29) is 19.3 Å². The zero-order valence-electron chi connectivity index (χ0n) is 19.2. The number of ether oxygens (including phenoxy) is 2. The number of carbonyl (C=O) groups is 1. The normalized spacial score (nSPS) is 13.9. The third kappa shape index (κ3) is 6.98. The van der Waals surface area contributed by atoms with E-state index in [0.29, 0.717) is 12.2 Å². The minimum absolute atomic E-state index is 0.0895. The van der Waals surface area contributed by atoms with Crippen LogP contribution in [0.3, 0.4) is 0 Å². The standard InChI is InChI=1S/C23H28N3O7P/c1-4-18(32-16(2)26-13-12-21(27)25-23(26)29)15-31-34(24-14-22(28)30-3)33-20-11-7-9-17-8-5-6-10-19(17)20/h5-13,16,18,24H,4,14-15H2,1-3H3,(H,25,27,29). The Balaban J connectivity index is 1.69. The van der Waals surface area contributed by atoms with Crippen LogP contribution in [0.15, 0.2) is 64.3 Å². The van der Waals surface area contributed by atoms with Crippen molar-refractivity contribution >= 4 is 25.3 Å². The van der Waals surface area contributed by atoms with Crippen molar-refractivity contribution in [2.24, 2.45) is 0 Å². The smallest absolute Gasteiger partial charge is 0.330 e. The van der Waals surface area contributed by atoms with Gasteiger partial charge in [-0.1, -0.05) is 43.3 Å². The predicted octanol–water partition coefficient (Wildman–Crippen LogP) is 3.09. The second kappa shape index (κ2) is 12.4. The third-order valence-electron chi connectivity index (χ3n) is 4.98. The van der Waals surface area contributed by atoms with Crippen molar-refractivity contribution in [3.63, 3.8) is 0 Å². The van der Waals surface area contributed by atoms with Gasteiger partial charge in [-0.25, -0.2) is 9.88 Å². The summed E-state index contributed by atoms with van der Waals surface area (Å²) >= 11 is 0. The first-order chi connectivity index (χ1) is 16.4. The zero-order chi connectivity index (χ0) is 24.5. The fourth-order valence-electron chi connectivity index (χ4n) is 3.13. The number of aromatic amines is 1. The first-order valence-electron chi connectivity index (χ1n) is 10.8. The summed E-state index contributed by atoms with van der Waals surface area (Å²) in [4.78, 5) is 37.2. The summed E-state index contributed by atoms with van der Waals surface area (Å²) in [7, 11) is -0.418. The van der Waals surface area contributed by atoms with Crippen LogP contribution in [0.4, 0.5) is 0 Å². The highest BCUT2D eigenvalue weighted by Gasteiger charge is 2.21. The second-order valence-corrected chi connectivity index (χ2v) is 8.59. The van der Waals surface area contributed by atoms with Gasteiger partial charge in [0.15, 0.2) is 0 Å². The Kier molecular flexibility index (Phi) is 9.35. The molecular weight excluding hydrogens is 461 g/mol. The van der Waals surface area contributed by atoms with Gasteiger partial charge in [0.1, 0.15) is 18.5 Å². The van der Waals surface area contributed by atoms with Crippen molar-refractivity contribution in [2.75, 3.05) is 20.3 Å². The highest BCUT2D eigenvalue weighted by molar-refractivity contribution is 7.45. The van der Waals surface area contributed by atoms with Gasteiger partial charge in [0.05, 0.1) is 19.8 Å². The number of fused-ring (bicyclic) bond motifs is 1. The quantitative estimate of drug-likeness (QED) is 0.294. The molecule has 0 saturated heterocycles. The Morgan fingerprint density at radius 1 is 1.15 bits per heavy atom. The fourth-order valence-corrected chi connectivity index (χ4v) is 4.24. The first-order valence-corrected chi connectivity index (χ1v) is 11.9. The molecule has 0 radical (unpaired) electrons. The molecule has 11 heteroatoms. The molecule has 0 fully saturated rings. The first kappa shape index (κ1) is 25.6. The van der Waals surface area contributed by atoms with Crippen LogP contribution in [0.25, 0.3) is 10.8 Å². The minimum atomic E-state index is -1.72. The molecule has 0 spiro atoms. The van der Waals surface area contributed by atoms with Crippen LogP contribution in [-0.2, 0) is 18.8 Å². The molecule has 1 aromatic heterocycles. The molecule has 3 rings (SSSR count). The lowest BCUT2D eigenvalue weighted by molar-refractivity contribution is -0.139. The molecule has 3 aromatic rings. The van der Waals surface area contributed by atoms with Gasteiger partial charge in [0, 0.05) is 17.6 Å². The van der Waals surface area contributed by atoms with Gasteiger partial charge in [-0.15, -0.1) is 0 Å². The molecule has 3 unspecified atom stereocenters. The third-order valence-corrected chi connectivity index (χ3v) is 6.14. The van der Waals surface area contributed by atoms with Gasteiger partial charge in [0.2, 0.25) is 0 Å². The fraction of sp³-hybridized carbons (Fsp3) is 0.348. The van der Waals surface area contributed by atoms with E-state index in [1.165, 1.54) is 23.9 Å². The van der Waals surface area contributed by atoms with Crippen LogP contribution in [0.2, 0.25) is 0 Å². The molecular formula is C23H28N3O7P. The maximum absolute atomic E-state index is 12.0. The summed E-state index contributed by atoms with van der Waals surface area (Å²) < 4.78 is 24.1.